The van der Waals surface area contributed by atoms with Crippen molar-refractivity contribution in [2.45, 2.75) is 32.4 Å². The Morgan fingerprint density at radius 2 is 1.50 bits per heavy atom. The van der Waals surface area contributed by atoms with Crippen molar-refractivity contribution in [3.63, 3.8) is 0 Å². The Bertz CT molecular complexity index is 173. The molecule has 12 heavy (non-hydrogen) atoms. The van der Waals surface area contributed by atoms with Crippen molar-refractivity contribution in [2.24, 2.45) is 23.7 Å². The minimum atomic E-state index is -3.92. The van der Waals surface area contributed by atoms with Gasteiger partial charge < -0.3 is 0 Å². The standard InChI is InChI=1S/C9H13F3/c1-5-2-6-4-7(3-5)8(6)9(10,11)12/h5-8H,2-4H2,1H3. The van der Waals surface area contributed by atoms with E-state index in [1.807, 2.05) is 0 Å². The van der Waals surface area contributed by atoms with Crippen LogP contribution in [0.1, 0.15) is 26.2 Å². The molecule has 0 aromatic carbocycles. The van der Waals surface area contributed by atoms with Crippen LogP contribution in [0.5, 0.6) is 0 Å². The van der Waals surface area contributed by atoms with Crippen molar-refractivity contribution in [1.29, 1.82) is 0 Å². The topological polar surface area (TPSA) is 0 Å². The zero-order valence-electron chi connectivity index (χ0n) is 7.06. The van der Waals surface area contributed by atoms with E-state index in [0.717, 1.165) is 19.3 Å². The van der Waals surface area contributed by atoms with Crippen molar-refractivity contribution in [3.05, 3.63) is 0 Å². The van der Waals surface area contributed by atoms with E-state index >= 15 is 0 Å². The first-order valence-electron chi connectivity index (χ1n) is 4.55. The quantitative estimate of drug-likeness (QED) is 0.534. The maximum Gasteiger partial charge on any atom is 0.392 e. The molecule has 2 bridgehead atoms. The van der Waals surface area contributed by atoms with E-state index < -0.39 is 12.1 Å². The molecule has 0 radical (unpaired) electrons. The van der Waals surface area contributed by atoms with Gasteiger partial charge in [0.1, 0.15) is 0 Å². The summed E-state index contributed by atoms with van der Waals surface area (Å²) >= 11 is 0. The second-order valence-corrected chi connectivity index (χ2v) is 4.40. The fourth-order valence-corrected chi connectivity index (χ4v) is 3.02. The monoisotopic (exact) mass is 178 g/mol. The lowest BCUT2D eigenvalue weighted by atomic mass is 9.54. The second kappa shape index (κ2) is 2.39. The Morgan fingerprint density at radius 3 is 1.92 bits per heavy atom. The Morgan fingerprint density at radius 1 is 1.00 bits per heavy atom. The fourth-order valence-electron chi connectivity index (χ4n) is 3.02. The van der Waals surface area contributed by atoms with Gasteiger partial charge >= 0.3 is 6.18 Å². The van der Waals surface area contributed by atoms with E-state index in [0.29, 0.717) is 5.92 Å². The zero-order chi connectivity index (χ0) is 8.93. The van der Waals surface area contributed by atoms with Crippen LogP contribution in [0.25, 0.3) is 0 Å². The van der Waals surface area contributed by atoms with Gasteiger partial charge in [-0.05, 0) is 37.0 Å². The summed E-state index contributed by atoms with van der Waals surface area (Å²) in [5.74, 6) is -0.515. The van der Waals surface area contributed by atoms with Crippen LogP contribution in [0.4, 0.5) is 13.2 Å². The summed E-state index contributed by atoms with van der Waals surface area (Å²) in [5.41, 5.74) is 0. The van der Waals surface area contributed by atoms with Crippen molar-refractivity contribution in [1.82, 2.24) is 0 Å². The molecule has 3 heteroatoms. The summed E-state index contributed by atoms with van der Waals surface area (Å²) < 4.78 is 37.0. The molecular weight excluding hydrogens is 165 g/mol. The number of rotatable bonds is 0. The Hall–Kier alpha value is -0.210. The third kappa shape index (κ3) is 1.14. The molecule has 0 aromatic rings. The van der Waals surface area contributed by atoms with Crippen LogP contribution in [-0.4, -0.2) is 6.18 Å². The molecule has 3 aliphatic rings. The summed E-state index contributed by atoms with van der Waals surface area (Å²) in [6.07, 6.45) is -1.51. The average Bonchev–Trinajstić information content (AvgIpc) is 1.81. The molecule has 0 heterocycles. The van der Waals surface area contributed by atoms with Crippen LogP contribution in [0.15, 0.2) is 0 Å². The minimum absolute atomic E-state index is 0.0428. The Kier molecular flexibility index (Phi) is 1.67. The van der Waals surface area contributed by atoms with Crippen LogP contribution in [-0.2, 0) is 0 Å². The zero-order valence-corrected chi connectivity index (χ0v) is 7.06. The third-order valence-corrected chi connectivity index (χ3v) is 3.41. The number of hydrogen-bond donors (Lipinski definition) is 0. The molecule has 0 spiro atoms. The highest BCUT2D eigenvalue weighted by atomic mass is 19.4. The van der Waals surface area contributed by atoms with Gasteiger partial charge in [0, 0.05) is 0 Å². The summed E-state index contributed by atoms with van der Waals surface area (Å²) in [6, 6.07) is 0. The van der Waals surface area contributed by atoms with E-state index in [9.17, 15) is 13.2 Å². The Balaban J connectivity index is 2.05. The lowest BCUT2D eigenvalue weighted by Gasteiger charge is -2.52. The van der Waals surface area contributed by atoms with Crippen LogP contribution < -0.4 is 0 Å². The molecule has 0 N–H and O–H groups in total. The van der Waals surface area contributed by atoms with Gasteiger partial charge in [0.05, 0.1) is 5.92 Å². The van der Waals surface area contributed by atoms with Gasteiger partial charge in [-0.1, -0.05) is 6.92 Å². The second-order valence-electron chi connectivity index (χ2n) is 4.40. The number of hydrogen-bond acceptors (Lipinski definition) is 0. The average molecular weight is 178 g/mol. The van der Waals surface area contributed by atoms with Crippen molar-refractivity contribution >= 4 is 0 Å². The SMILES string of the molecule is CC1CC2CC(C1)C2C(F)(F)F. The molecule has 0 aliphatic heterocycles. The molecule has 3 saturated carbocycles. The van der Waals surface area contributed by atoms with Gasteiger partial charge in [0.25, 0.3) is 0 Å². The largest absolute Gasteiger partial charge is 0.392 e. The van der Waals surface area contributed by atoms with Crippen LogP contribution in [0, 0.1) is 23.7 Å². The molecule has 0 saturated heterocycles. The van der Waals surface area contributed by atoms with Gasteiger partial charge in [-0.15, -0.1) is 0 Å². The molecule has 2 atom stereocenters. The molecule has 0 aromatic heterocycles. The van der Waals surface area contributed by atoms with Crippen molar-refractivity contribution < 1.29 is 13.2 Å². The predicted molar refractivity (Wildman–Crippen MR) is 39.5 cm³/mol. The highest BCUT2D eigenvalue weighted by Gasteiger charge is 2.58. The summed E-state index contributed by atoms with van der Waals surface area (Å²) in [7, 11) is 0. The summed E-state index contributed by atoms with van der Waals surface area (Å²) in [6.45, 7) is 2.06. The number of alkyl halides is 3. The van der Waals surface area contributed by atoms with Gasteiger partial charge in [0.15, 0.2) is 0 Å². The minimum Gasteiger partial charge on any atom is -0.171 e. The number of halogens is 3. The molecule has 0 amide bonds. The van der Waals surface area contributed by atoms with Crippen LogP contribution >= 0.6 is 0 Å². The van der Waals surface area contributed by atoms with Crippen molar-refractivity contribution in [2.75, 3.05) is 0 Å². The maximum absolute atomic E-state index is 12.3. The molecule has 3 fully saturated rings. The van der Waals surface area contributed by atoms with E-state index in [-0.39, 0.29) is 11.8 Å². The van der Waals surface area contributed by atoms with Crippen LogP contribution in [0.3, 0.4) is 0 Å². The summed E-state index contributed by atoms with van der Waals surface area (Å²) in [4.78, 5) is 0. The van der Waals surface area contributed by atoms with Gasteiger partial charge in [0.2, 0.25) is 0 Å². The Labute approximate surface area is 70.1 Å². The number of fused-ring (bicyclic) bond motifs is 2. The first-order chi connectivity index (χ1) is 5.48. The lowest BCUT2D eigenvalue weighted by Crippen LogP contribution is -2.50. The fraction of sp³-hybridized carbons (Fsp3) is 1.00. The predicted octanol–water partition coefficient (Wildman–Crippen LogP) is 3.23. The third-order valence-electron chi connectivity index (χ3n) is 3.41. The molecule has 3 aliphatic carbocycles. The first kappa shape index (κ1) is 8.39. The maximum atomic E-state index is 12.3. The lowest BCUT2D eigenvalue weighted by molar-refractivity contribution is -0.250. The van der Waals surface area contributed by atoms with E-state index in [4.69, 9.17) is 0 Å². The molecule has 70 valence electrons. The van der Waals surface area contributed by atoms with E-state index in [1.165, 1.54) is 0 Å². The van der Waals surface area contributed by atoms with Gasteiger partial charge in [-0.2, -0.15) is 13.2 Å². The molecule has 0 nitrogen and oxygen atoms in total. The summed E-state index contributed by atoms with van der Waals surface area (Å²) in [5, 5.41) is 0. The highest BCUT2D eigenvalue weighted by molar-refractivity contribution is 4.98. The highest BCUT2D eigenvalue weighted by Crippen LogP contribution is 2.58. The molecule has 2 unspecified atom stereocenters. The van der Waals surface area contributed by atoms with E-state index in [1.54, 1.807) is 0 Å². The van der Waals surface area contributed by atoms with Crippen molar-refractivity contribution in [3.8, 4) is 0 Å². The molecular formula is C9H13F3. The van der Waals surface area contributed by atoms with Gasteiger partial charge in [-0.3, -0.25) is 0 Å². The molecule has 3 rings (SSSR count). The normalized spacial score (nSPS) is 47.0. The van der Waals surface area contributed by atoms with Crippen LogP contribution in [0.2, 0.25) is 0 Å². The first-order valence-corrected chi connectivity index (χ1v) is 4.55. The van der Waals surface area contributed by atoms with Gasteiger partial charge in [-0.25, -0.2) is 0 Å². The van der Waals surface area contributed by atoms with E-state index in [2.05, 4.69) is 6.92 Å². The smallest absolute Gasteiger partial charge is 0.171 e.